The van der Waals surface area contributed by atoms with Crippen molar-refractivity contribution in [2.24, 2.45) is 5.41 Å². The lowest BCUT2D eigenvalue weighted by Gasteiger charge is -2.48. The fourth-order valence-corrected chi connectivity index (χ4v) is 4.89. The highest BCUT2D eigenvalue weighted by atomic mass is 16.3. The van der Waals surface area contributed by atoms with Crippen LogP contribution in [0.2, 0.25) is 0 Å². The van der Waals surface area contributed by atoms with Gasteiger partial charge in [0.25, 0.3) is 5.91 Å². The minimum absolute atomic E-state index is 0.0631. The van der Waals surface area contributed by atoms with Crippen molar-refractivity contribution in [2.45, 2.75) is 38.5 Å². The number of likely N-dealkylation sites (tertiary alicyclic amines) is 3. The number of carbonyl (C=O) groups is 2. The molecule has 1 spiro atoms. The van der Waals surface area contributed by atoms with Gasteiger partial charge in [-0.1, -0.05) is 0 Å². The average Bonchev–Trinajstić information content (AvgIpc) is 3.35. The molecule has 0 aliphatic carbocycles. The number of carbonyl (C=O) groups excluding carboxylic acids is 2. The first-order chi connectivity index (χ1) is 12.7. The van der Waals surface area contributed by atoms with Crippen molar-refractivity contribution in [2.75, 3.05) is 45.8 Å². The summed E-state index contributed by atoms with van der Waals surface area (Å²) in [5, 5.41) is 0. The molecule has 2 amide bonds. The standard InChI is InChI=1S/C19H28N4O3/c24-17(22-8-1-2-9-22)12-21-7-3-5-19(13-21)6-4-10-23(14-19)18(25)16-11-20-15-26-16/h11,15H,1-10,12-14H2. The van der Waals surface area contributed by atoms with E-state index in [1.807, 2.05) is 9.80 Å². The summed E-state index contributed by atoms with van der Waals surface area (Å²) in [5.41, 5.74) is 0.109. The number of oxazole rings is 1. The van der Waals surface area contributed by atoms with Crippen molar-refractivity contribution in [1.82, 2.24) is 19.7 Å². The summed E-state index contributed by atoms with van der Waals surface area (Å²) in [5.74, 6) is 0.524. The molecule has 0 saturated carbocycles. The summed E-state index contributed by atoms with van der Waals surface area (Å²) in [6, 6.07) is 0. The van der Waals surface area contributed by atoms with E-state index in [1.165, 1.54) is 12.6 Å². The molecule has 7 heteroatoms. The first-order valence-corrected chi connectivity index (χ1v) is 9.83. The minimum Gasteiger partial charge on any atom is -0.438 e. The van der Waals surface area contributed by atoms with E-state index in [2.05, 4.69) is 9.88 Å². The molecule has 3 fully saturated rings. The molecule has 0 radical (unpaired) electrons. The molecule has 0 N–H and O–H groups in total. The number of nitrogens with zero attached hydrogens (tertiary/aromatic N) is 4. The number of amides is 2. The third-order valence-corrected chi connectivity index (χ3v) is 6.15. The predicted octanol–water partition coefficient (Wildman–Crippen LogP) is 1.62. The van der Waals surface area contributed by atoms with Crippen molar-refractivity contribution in [3.8, 4) is 0 Å². The lowest BCUT2D eigenvalue weighted by molar-refractivity contribution is -0.132. The van der Waals surface area contributed by atoms with Gasteiger partial charge < -0.3 is 14.2 Å². The molecule has 3 saturated heterocycles. The lowest BCUT2D eigenvalue weighted by Crippen LogP contribution is -2.55. The summed E-state index contributed by atoms with van der Waals surface area (Å²) in [4.78, 5) is 35.2. The quantitative estimate of drug-likeness (QED) is 0.819. The Kier molecular flexibility index (Phi) is 4.98. The zero-order chi connectivity index (χ0) is 18.0. The molecule has 4 heterocycles. The molecule has 0 bridgehead atoms. The first kappa shape index (κ1) is 17.5. The van der Waals surface area contributed by atoms with Gasteiger partial charge in [0.05, 0.1) is 12.7 Å². The van der Waals surface area contributed by atoms with E-state index in [0.717, 1.165) is 77.8 Å². The van der Waals surface area contributed by atoms with Crippen molar-refractivity contribution >= 4 is 11.8 Å². The molecule has 1 atom stereocenters. The Hall–Kier alpha value is -1.89. The zero-order valence-electron chi connectivity index (χ0n) is 15.4. The second-order valence-corrected chi connectivity index (χ2v) is 8.10. The molecule has 1 aromatic rings. The number of hydrogen-bond donors (Lipinski definition) is 0. The molecule has 1 aromatic heterocycles. The van der Waals surface area contributed by atoms with Crippen LogP contribution in [0.4, 0.5) is 0 Å². The Balaban J connectivity index is 1.39. The summed E-state index contributed by atoms with van der Waals surface area (Å²) >= 11 is 0. The van der Waals surface area contributed by atoms with Crippen LogP contribution in [-0.4, -0.2) is 77.3 Å². The van der Waals surface area contributed by atoms with Gasteiger partial charge in [-0.2, -0.15) is 0 Å². The normalized spacial score (nSPS) is 27.2. The Labute approximate surface area is 154 Å². The summed E-state index contributed by atoms with van der Waals surface area (Å²) < 4.78 is 5.19. The highest BCUT2D eigenvalue weighted by Crippen LogP contribution is 2.38. The summed E-state index contributed by atoms with van der Waals surface area (Å²) in [7, 11) is 0. The van der Waals surface area contributed by atoms with E-state index >= 15 is 0 Å². The topological polar surface area (TPSA) is 69.9 Å². The Morgan fingerprint density at radius 1 is 1.00 bits per heavy atom. The van der Waals surface area contributed by atoms with Gasteiger partial charge in [0, 0.05) is 38.1 Å². The highest BCUT2D eigenvalue weighted by Gasteiger charge is 2.41. The van der Waals surface area contributed by atoms with Crippen LogP contribution in [0.3, 0.4) is 0 Å². The van der Waals surface area contributed by atoms with Crippen LogP contribution in [0, 0.1) is 5.41 Å². The highest BCUT2D eigenvalue weighted by molar-refractivity contribution is 5.91. The van der Waals surface area contributed by atoms with E-state index in [9.17, 15) is 9.59 Å². The molecule has 3 aliphatic heterocycles. The van der Waals surface area contributed by atoms with Gasteiger partial charge in [0.15, 0.2) is 6.39 Å². The Bertz CT molecular complexity index is 637. The van der Waals surface area contributed by atoms with Crippen LogP contribution in [0.5, 0.6) is 0 Å². The van der Waals surface area contributed by atoms with Crippen LogP contribution in [-0.2, 0) is 4.79 Å². The van der Waals surface area contributed by atoms with Gasteiger partial charge in [-0.05, 0) is 45.1 Å². The molecule has 1 unspecified atom stereocenters. The van der Waals surface area contributed by atoms with Gasteiger partial charge in [0.2, 0.25) is 11.7 Å². The predicted molar refractivity (Wildman–Crippen MR) is 95.6 cm³/mol. The molecule has 0 aromatic carbocycles. The maximum absolute atomic E-state index is 12.6. The average molecular weight is 360 g/mol. The molecule has 4 rings (SSSR count). The van der Waals surface area contributed by atoms with E-state index < -0.39 is 0 Å². The fourth-order valence-electron chi connectivity index (χ4n) is 4.89. The molecule has 7 nitrogen and oxygen atoms in total. The van der Waals surface area contributed by atoms with Crippen molar-refractivity contribution < 1.29 is 14.0 Å². The van der Waals surface area contributed by atoms with E-state index in [1.54, 1.807) is 0 Å². The van der Waals surface area contributed by atoms with Gasteiger partial charge >= 0.3 is 0 Å². The van der Waals surface area contributed by atoms with Gasteiger partial charge in [-0.25, -0.2) is 4.98 Å². The van der Waals surface area contributed by atoms with Crippen LogP contribution in [0.1, 0.15) is 49.1 Å². The minimum atomic E-state index is -0.0631. The zero-order valence-corrected chi connectivity index (χ0v) is 15.4. The second-order valence-electron chi connectivity index (χ2n) is 8.10. The Morgan fingerprint density at radius 2 is 1.73 bits per heavy atom. The lowest BCUT2D eigenvalue weighted by atomic mass is 9.73. The van der Waals surface area contributed by atoms with E-state index in [-0.39, 0.29) is 17.2 Å². The molecule has 142 valence electrons. The van der Waals surface area contributed by atoms with Crippen LogP contribution in [0.25, 0.3) is 0 Å². The first-order valence-electron chi connectivity index (χ1n) is 9.83. The molecular weight excluding hydrogens is 332 g/mol. The number of hydrogen-bond acceptors (Lipinski definition) is 5. The number of piperidine rings is 2. The molecular formula is C19H28N4O3. The monoisotopic (exact) mass is 360 g/mol. The molecule has 3 aliphatic rings. The van der Waals surface area contributed by atoms with Crippen LogP contribution in [0.15, 0.2) is 17.0 Å². The smallest absolute Gasteiger partial charge is 0.291 e. The van der Waals surface area contributed by atoms with Crippen molar-refractivity contribution in [3.05, 3.63) is 18.4 Å². The third kappa shape index (κ3) is 3.63. The van der Waals surface area contributed by atoms with Crippen LogP contribution < -0.4 is 0 Å². The SMILES string of the molecule is O=C(CN1CCCC2(CCCN(C(=O)c3cnco3)C2)C1)N1CCCC1. The second kappa shape index (κ2) is 7.39. The Morgan fingerprint density at radius 3 is 2.46 bits per heavy atom. The molecule has 26 heavy (non-hydrogen) atoms. The maximum atomic E-state index is 12.6. The number of rotatable bonds is 3. The van der Waals surface area contributed by atoms with E-state index in [4.69, 9.17) is 4.42 Å². The van der Waals surface area contributed by atoms with Crippen LogP contribution >= 0.6 is 0 Å². The van der Waals surface area contributed by atoms with Gasteiger partial charge in [-0.15, -0.1) is 0 Å². The fraction of sp³-hybridized carbons (Fsp3) is 0.737. The summed E-state index contributed by atoms with van der Waals surface area (Å²) in [6.45, 7) is 5.77. The van der Waals surface area contributed by atoms with Crippen molar-refractivity contribution in [1.29, 1.82) is 0 Å². The summed E-state index contributed by atoms with van der Waals surface area (Å²) in [6.07, 6.45) is 9.42. The number of aromatic nitrogens is 1. The van der Waals surface area contributed by atoms with E-state index in [0.29, 0.717) is 12.3 Å². The maximum Gasteiger partial charge on any atom is 0.291 e. The van der Waals surface area contributed by atoms with Gasteiger partial charge in [0.1, 0.15) is 0 Å². The van der Waals surface area contributed by atoms with Crippen molar-refractivity contribution in [3.63, 3.8) is 0 Å². The third-order valence-electron chi connectivity index (χ3n) is 6.15. The largest absolute Gasteiger partial charge is 0.438 e. The van der Waals surface area contributed by atoms with Gasteiger partial charge in [-0.3, -0.25) is 14.5 Å².